The summed E-state index contributed by atoms with van der Waals surface area (Å²) in [6.07, 6.45) is 5.99. The standard InChI is InChI=1S/C28H38NOSi/c1-26(2,3)31(6,7)30-20-19-29-21-28(23-14-9-8-10-15-23)24-16-12-11-13-22(24)17-18-25(28)27(29,4)5/h8-16,18,21H,17,19-20H2,1-7H3/q+1/t28-/m1/s1. The van der Waals surface area contributed by atoms with Crippen LogP contribution >= 0.6 is 0 Å². The summed E-state index contributed by atoms with van der Waals surface area (Å²) >= 11 is 0. The Morgan fingerprint density at radius 1 is 0.968 bits per heavy atom. The molecule has 2 aromatic rings. The summed E-state index contributed by atoms with van der Waals surface area (Å²) in [5.74, 6) is 0. The highest BCUT2D eigenvalue weighted by molar-refractivity contribution is 6.74. The number of nitrogens with zero attached hydrogens (tertiary/aromatic N) is 1. The van der Waals surface area contributed by atoms with Gasteiger partial charge in [-0.2, -0.15) is 0 Å². The topological polar surface area (TPSA) is 12.2 Å². The number of hydrogen-bond donors (Lipinski definition) is 0. The van der Waals surface area contributed by atoms with Crippen molar-refractivity contribution in [3.8, 4) is 0 Å². The van der Waals surface area contributed by atoms with Gasteiger partial charge in [0.25, 0.3) is 0 Å². The van der Waals surface area contributed by atoms with Gasteiger partial charge in [-0.1, -0.05) is 81.4 Å². The maximum absolute atomic E-state index is 6.57. The fourth-order valence-electron chi connectivity index (χ4n) is 5.07. The van der Waals surface area contributed by atoms with E-state index in [4.69, 9.17) is 4.43 Å². The monoisotopic (exact) mass is 432 g/mol. The molecule has 1 heterocycles. The SMILES string of the molecule is CC1(C)C2=CCc3ccccc3[C@]2(c2ccccc2)C=[N+]1CCO[Si](C)(C)C(C)(C)C. The van der Waals surface area contributed by atoms with Crippen molar-refractivity contribution >= 4 is 14.5 Å². The Bertz CT molecular complexity index is 1030. The van der Waals surface area contributed by atoms with E-state index in [9.17, 15) is 0 Å². The third-order valence-electron chi connectivity index (χ3n) is 7.95. The van der Waals surface area contributed by atoms with E-state index in [0.29, 0.717) is 0 Å². The van der Waals surface area contributed by atoms with Crippen LogP contribution in [-0.2, 0) is 16.3 Å². The van der Waals surface area contributed by atoms with Gasteiger partial charge in [-0.3, -0.25) is 0 Å². The minimum Gasteiger partial charge on any atom is -0.410 e. The first-order valence-electron chi connectivity index (χ1n) is 11.6. The minimum atomic E-state index is -1.76. The van der Waals surface area contributed by atoms with Gasteiger partial charge in [0.05, 0.1) is 6.61 Å². The van der Waals surface area contributed by atoms with Crippen LogP contribution in [0.4, 0.5) is 0 Å². The summed E-state index contributed by atoms with van der Waals surface area (Å²) in [5.41, 5.74) is 5.46. The van der Waals surface area contributed by atoms with Gasteiger partial charge in [-0.15, -0.1) is 0 Å². The first kappa shape index (κ1) is 22.2. The second-order valence-corrected chi connectivity index (χ2v) is 16.0. The average molecular weight is 433 g/mol. The van der Waals surface area contributed by atoms with E-state index in [0.717, 1.165) is 19.6 Å². The summed E-state index contributed by atoms with van der Waals surface area (Å²) in [6, 6.07) is 20.0. The summed E-state index contributed by atoms with van der Waals surface area (Å²) < 4.78 is 9.11. The molecule has 0 fully saturated rings. The van der Waals surface area contributed by atoms with Crippen molar-refractivity contribution in [3.63, 3.8) is 0 Å². The van der Waals surface area contributed by atoms with E-state index < -0.39 is 8.32 Å². The Morgan fingerprint density at radius 3 is 2.29 bits per heavy atom. The van der Waals surface area contributed by atoms with Crippen molar-refractivity contribution in [3.05, 3.63) is 82.9 Å². The second-order valence-electron chi connectivity index (χ2n) is 11.1. The molecule has 0 aromatic heterocycles. The van der Waals surface area contributed by atoms with Crippen molar-refractivity contribution in [1.82, 2.24) is 0 Å². The zero-order valence-electron chi connectivity index (χ0n) is 20.3. The van der Waals surface area contributed by atoms with Crippen LogP contribution < -0.4 is 0 Å². The molecule has 0 amide bonds. The lowest BCUT2D eigenvalue weighted by molar-refractivity contribution is -0.581. The van der Waals surface area contributed by atoms with Crippen molar-refractivity contribution in [2.24, 2.45) is 0 Å². The lowest BCUT2D eigenvalue weighted by atomic mass is 9.63. The van der Waals surface area contributed by atoms with E-state index >= 15 is 0 Å². The lowest BCUT2D eigenvalue weighted by Crippen LogP contribution is -2.44. The van der Waals surface area contributed by atoms with Gasteiger partial charge in [0, 0.05) is 19.4 Å². The quantitative estimate of drug-likeness (QED) is 0.304. The third kappa shape index (κ3) is 3.56. The highest BCUT2D eigenvalue weighted by Crippen LogP contribution is 2.51. The van der Waals surface area contributed by atoms with E-state index in [1.165, 1.54) is 22.3 Å². The third-order valence-corrected chi connectivity index (χ3v) is 12.5. The second kappa shape index (κ2) is 7.56. The van der Waals surface area contributed by atoms with Crippen molar-refractivity contribution in [1.29, 1.82) is 0 Å². The predicted octanol–water partition coefficient (Wildman–Crippen LogP) is 6.35. The number of benzene rings is 2. The van der Waals surface area contributed by atoms with Gasteiger partial charge < -0.3 is 4.43 Å². The summed E-state index contributed by atoms with van der Waals surface area (Å²) in [6.45, 7) is 18.1. The molecule has 1 atom stereocenters. The number of allylic oxidation sites excluding steroid dienone is 1. The molecule has 2 nitrogen and oxygen atoms in total. The molecule has 4 rings (SSSR count). The van der Waals surface area contributed by atoms with Gasteiger partial charge in [-0.05, 0) is 41.2 Å². The molecule has 2 aromatic carbocycles. The molecule has 1 aliphatic carbocycles. The average Bonchev–Trinajstić information content (AvgIpc) is 2.96. The molecule has 0 saturated heterocycles. The first-order chi connectivity index (χ1) is 14.5. The maximum Gasteiger partial charge on any atom is 0.192 e. The van der Waals surface area contributed by atoms with Crippen molar-refractivity contribution in [2.75, 3.05) is 13.2 Å². The van der Waals surface area contributed by atoms with Crippen LogP contribution in [0.2, 0.25) is 18.1 Å². The van der Waals surface area contributed by atoms with Crippen LogP contribution in [0, 0.1) is 0 Å². The number of fused-ring (bicyclic) bond motifs is 3. The Balaban J connectivity index is 1.76. The normalized spacial score (nSPS) is 22.4. The molecule has 0 N–H and O–H groups in total. The number of rotatable bonds is 5. The molecular formula is C28H38NOSi+. The highest BCUT2D eigenvalue weighted by atomic mass is 28.4. The van der Waals surface area contributed by atoms with Crippen molar-refractivity contribution < 1.29 is 9.00 Å². The fraction of sp³-hybridized carbons (Fsp3) is 0.464. The van der Waals surface area contributed by atoms with Crippen molar-refractivity contribution in [2.45, 2.75) is 70.1 Å². The Kier molecular flexibility index (Phi) is 5.42. The molecule has 164 valence electrons. The molecule has 3 heteroatoms. The van der Waals surface area contributed by atoms with Crippen LogP contribution in [0.1, 0.15) is 51.3 Å². The summed E-state index contributed by atoms with van der Waals surface area (Å²) in [5, 5.41) is 0.234. The van der Waals surface area contributed by atoms with Crippen LogP contribution in [0.25, 0.3) is 0 Å². The van der Waals surface area contributed by atoms with Gasteiger partial charge in [0.15, 0.2) is 26.6 Å². The molecule has 0 spiro atoms. The molecule has 0 bridgehead atoms. The molecule has 2 aliphatic rings. The molecule has 1 aliphatic heterocycles. The highest BCUT2D eigenvalue weighted by Gasteiger charge is 2.58. The Morgan fingerprint density at radius 2 is 1.61 bits per heavy atom. The smallest absolute Gasteiger partial charge is 0.192 e. The molecule has 0 saturated carbocycles. The lowest BCUT2D eigenvalue weighted by Gasteiger charge is -2.36. The Labute approximate surface area is 189 Å². The largest absolute Gasteiger partial charge is 0.410 e. The zero-order valence-corrected chi connectivity index (χ0v) is 21.3. The van der Waals surface area contributed by atoms with E-state index in [1.807, 2.05) is 0 Å². The van der Waals surface area contributed by atoms with E-state index in [1.54, 1.807) is 0 Å². The maximum atomic E-state index is 6.57. The fourth-order valence-corrected chi connectivity index (χ4v) is 6.10. The van der Waals surface area contributed by atoms with Crippen LogP contribution in [0.3, 0.4) is 0 Å². The van der Waals surface area contributed by atoms with E-state index in [-0.39, 0.29) is 16.0 Å². The summed E-state index contributed by atoms with van der Waals surface area (Å²) in [4.78, 5) is 0. The minimum absolute atomic E-state index is 0.0554. The molecular weight excluding hydrogens is 394 g/mol. The predicted molar refractivity (Wildman–Crippen MR) is 134 cm³/mol. The van der Waals surface area contributed by atoms with Gasteiger partial charge >= 0.3 is 0 Å². The van der Waals surface area contributed by atoms with Crippen LogP contribution in [-0.4, -0.2) is 37.8 Å². The summed E-state index contributed by atoms with van der Waals surface area (Å²) in [7, 11) is -1.76. The van der Waals surface area contributed by atoms with E-state index in [2.05, 4.69) is 119 Å². The first-order valence-corrected chi connectivity index (χ1v) is 14.5. The van der Waals surface area contributed by atoms with Crippen LogP contribution in [0.5, 0.6) is 0 Å². The molecule has 0 radical (unpaired) electrons. The van der Waals surface area contributed by atoms with Gasteiger partial charge in [-0.25, -0.2) is 4.58 Å². The Hall–Kier alpha value is -1.97. The van der Waals surface area contributed by atoms with Crippen LogP contribution in [0.15, 0.2) is 66.2 Å². The van der Waals surface area contributed by atoms with Gasteiger partial charge in [0.1, 0.15) is 5.41 Å². The zero-order chi connectivity index (χ0) is 22.5. The molecule has 0 unspecified atom stereocenters. The number of hydrogen-bond acceptors (Lipinski definition) is 1. The molecule has 31 heavy (non-hydrogen) atoms. The van der Waals surface area contributed by atoms with Gasteiger partial charge in [0.2, 0.25) is 0 Å².